The summed E-state index contributed by atoms with van der Waals surface area (Å²) in [4.78, 5) is 20.6. The molecule has 32 heavy (non-hydrogen) atoms. The van der Waals surface area contributed by atoms with Crippen LogP contribution in [0.5, 0.6) is 0 Å². The summed E-state index contributed by atoms with van der Waals surface area (Å²) in [6.07, 6.45) is 13.0. The van der Waals surface area contributed by atoms with Crippen LogP contribution < -0.4 is 10.6 Å². The Morgan fingerprint density at radius 3 is 3.12 bits per heavy atom. The van der Waals surface area contributed by atoms with Gasteiger partial charge in [-0.05, 0) is 37.7 Å². The van der Waals surface area contributed by atoms with Gasteiger partial charge in [0.05, 0.1) is 23.6 Å². The number of hydrogen-bond acceptors (Lipinski definition) is 7. The standard InChI is InChI=1S/C22H26N8O2/c1-30-21-16(12-26-30)11-24-13-19(21)27-20-8-18(28-29-20)15-4-5-17(7-15)32-22(31)25-10-14-3-2-6-23-9-14/h6,8-9,11-13,15,17H,2-5,7,10H2,1H3,(H,25,31)(H2,27,28,29). The first kappa shape index (κ1) is 20.2. The lowest BCUT2D eigenvalue weighted by Gasteiger charge is -2.14. The van der Waals surface area contributed by atoms with Gasteiger partial charge in [-0.2, -0.15) is 10.2 Å². The van der Waals surface area contributed by atoms with Crippen LogP contribution in [0.3, 0.4) is 0 Å². The topological polar surface area (TPSA) is 122 Å². The molecule has 10 nitrogen and oxygen atoms in total. The Balaban J connectivity index is 1.16. The molecule has 2 aliphatic rings. The normalized spacial score (nSPS) is 20.3. The molecule has 3 N–H and O–H groups in total. The van der Waals surface area contributed by atoms with Crippen LogP contribution >= 0.6 is 0 Å². The van der Waals surface area contributed by atoms with E-state index >= 15 is 0 Å². The van der Waals surface area contributed by atoms with E-state index in [4.69, 9.17) is 4.74 Å². The lowest BCUT2D eigenvalue weighted by Crippen LogP contribution is -2.29. The van der Waals surface area contributed by atoms with Gasteiger partial charge in [-0.25, -0.2) is 4.79 Å². The summed E-state index contributed by atoms with van der Waals surface area (Å²) < 4.78 is 7.44. The largest absolute Gasteiger partial charge is 0.446 e. The van der Waals surface area contributed by atoms with Gasteiger partial charge in [-0.3, -0.25) is 19.8 Å². The fourth-order valence-electron chi connectivity index (χ4n) is 4.36. The predicted octanol–water partition coefficient (Wildman–Crippen LogP) is 3.55. The number of aryl methyl sites for hydroxylation is 1. The number of H-pyrrole nitrogens is 1. The molecule has 1 saturated carbocycles. The molecule has 0 radical (unpaired) electrons. The van der Waals surface area contributed by atoms with Crippen molar-refractivity contribution in [3.63, 3.8) is 0 Å². The van der Waals surface area contributed by atoms with Crippen molar-refractivity contribution in [2.75, 3.05) is 11.9 Å². The molecule has 0 saturated heterocycles. The maximum absolute atomic E-state index is 12.2. The van der Waals surface area contributed by atoms with E-state index in [2.05, 4.69) is 35.9 Å². The molecule has 3 aromatic heterocycles. The molecule has 166 valence electrons. The fraction of sp³-hybridized carbons (Fsp3) is 0.409. The number of carbonyl (C=O) groups excluding carboxylic acids is 1. The summed E-state index contributed by atoms with van der Waals surface area (Å²) in [5, 5.41) is 19.0. The third-order valence-corrected chi connectivity index (χ3v) is 6.01. The van der Waals surface area contributed by atoms with Crippen LogP contribution in [0.2, 0.25) is 0 Å². The summed E-state index contributed by atoms with van der Waals surface area (Å²) in [6, 6.07) is 2.01. The zero-order chi connectivity index (χ0) is 21.9. The van der Waals surface area contributed by atoms with E-state index in [1.165, 1.54) is 0 Å². The number of fused-ring (bicyclic) bond motifs is 1. The van der Waals surface area contributed by atoms with E-state index < -0.39 is 0 Å². The van der Waals surface area contributed by atoms with E-state index in [1.54, 1.807) is 18.6 Å². The fourth-order valence-corrected chi connectivity index (χ4v) is 4.36. The van der Waals surface area contributed by atoms with Gasteiger partial charge in [0.15, 0.2) is 5.82 Å². The minimum Gasteiger partial charge on any atom is -0.446 e. The van der Waals surface area contributed by atoms with Crippen LogP contribution in [0.25, 0.3) is 10.9 Å². The van der Waals surface area contributed by atoms with Crippen LogP contribution in [-0.4, -0.2) is 49.9 Å². The highest BCUT2D eigenvalue weighted by atomic mass is 16.6. The second kappa shape index (κ2) is 8.81. The first-order valence-electron chi connectivity index (χ1n) is 10.9. The molecule has 1 aliphatic carbocycles. The highest BCUT2D eigenvalue weighted by molar-refractivity contribution is 5.90. The van der Waals surface area contributed by atoms with Crippen molar-refractivity contribution in [1.82, 2.24) is 30.3 Å². The average Bonchev–Trinajstić information content (AvgIpc) is 3.54. The number of anilines is 2. The summed E-state index contributed by atoms with van der Waals surface area (Å²) in [6.45, 7) is 0.486. The Bertz CT molecular complexity index is 1180. The van der Waals surface area contributed by atoms with E-state index in [-0.39, 0.29) is 18.1 Å². The number of aliphatic imine (C=N–C) groups is 1. The van der Waals surface area contributed by atoms with Crippen molar-refractivity contribution in [3.05, 3.63) is 42.1 Å². The second-order valence-electron chi connectivity index (χ2n) is 8.28. The zero-order valence-electron chi connectivity index (χ0n) is 17.9. The smallest absolute Gasteiger partial charge is 0.407 e. The monoisotopic (exact) mass is 434 g/mol. The number of alkyl carbamates (subject to hydrolysis) is 1. The van der Waals surface area contributed by atoms with Crippen LogP contribution in [0.15, 0.2) is 41.4 Å². The minimum atomic E-state index is -0.366. The number of aromatic nitrogens is 5. The van der Waals surface area contributed by atoms with Crippen molar-refractivity contribution < 1.29 is 9.53 Å². The zero-order valence-corrected chi connectivity index (χ0v) is 17.9. The molecular weight excluding hydrogens is 408 g/mol. The van der Waals surface area contributed by atoms with Gasteiger partial charge in [0.2, 0.25) is 0 Å². The van der Waals surface area contributed by atoms with E-state index in [1.807, 2.05) is 30.2 Å². The number of carbonyl (C=O) groups is 1. The number of nitrogens with zero attached hydrogens (tertiary/aromatic N) is 5. The molecule has 4 heterocycles. The van der Waals surface area contributed by atoms with E-state index in [0.29, 0.717) is 6.54 Å². The molecule has 10 heteroatoms. The summed E-state index contributed by atoms with van der Waals surface area (Å²) in [7, 11) is 1.90. The molecule has 1 amide bonds. The second-order valence-corrected chi connectivity index (χ2v) is 8.28. The molecule has 2 atom stereocenters. The van der Waals surface area contributed by atoms with Crippen LogP contribution in [-0.2, 0) is 11.8 Å². The summed E-state index contributed by atoms with van der Waals surface area (Å²) >= 11 is 0. The molecule has 0 spiro atoms. The Hall–Kier alpha value is -3.69. The van der Waals surface area contributed by atoms with Gasteiger partial charge >= 0.3 is 6.09 Å². The number of ether oxygens (including phenoxy) is 1. The molecule has 5 rings (SSSR count). The maximum atomic E-state index is 12.2. The molecule has 1 aliphatic heterocycles. The van der Waals surface area contributed by atoms with Crippen LogP contribution in [0.1, 0.15) is 43.7 Å². The Labute approximate surface area is 185 Å². The van der Waals surface area contributed by atoms with Gasteiger partial charge in [0.1, 0.15) is 6.10 Å². The maximum Gasteiger partial charge on any atom is 0.407 e. The van der Waals surface area contributed by atoms with Gasteiger partial charge in [0.25, 0.3) is 0 Å². The van der Waals surface area contributed by atoms with E-state index in [0.717, 1.165) is 65.8 Å². The molecule has 1 fully saturated rings. The third-order valence-electron chi connectivity index (χ3n) is 6.01. The third kappa shape index (κ3) is 4.34. The van der Waals surface area contributed by atoms with Crippen molar-refractivity contribution in [2.45, 2.75) is 44.1 Å². The molecule has 0 aromatic carbocycles. The van der Waals surface area contributed by atoms with Gasteiger partial charge in [-0.1, -0.05) is 0 Å². The molecular formula is C22H26N8O2. The Morgan fingerprint density at radius 2 is 2.25 bits per heavy atom. The SMILES string of the molecule is Cn1ncc2cncc(Nc3cc(C4CCC(OC(=O)NCC5=CN=CCC5)C4)[nH]n3)c21. The Morgan fingerprint density at radius 1 is 1.31 bits per heavy atom. The number of nitrogens with one attached hydrogen (secondary N) is 3. The van der Waals surface area contributed by atoms with Crippen LogP contribution in [0.4, 0.5) is 16.3 Å². The lowest BCUT2D eigenvalue weighted by molar-refractivity contribution is 0.101. The highest BCUT2D eigenvalue weighted by Crippen LogP contribution is 2.36. The van der Waals surface area contributed by atoms with Crippen molar-refractivity contribution in [2.24, 2.45) is 12.0 Å². The molecule has 2 unspecified atom stereocenters. The molecule has 0 bridgehead atoms. The first-order valence-corrected chi connectivity index (χ1v) is 10.9. The number of aromatic amines is 1. The minimum absolute atomic E-state index is 0.0922. The van der Waals surface area contributed by atoms with Gasteiger partial charge in [0, 0.05) is 55.3 Å². The first-order chi connectivity index (χ1) is 15.7. The van der Waals surface area contributed by atoms with Crippen molar-refractivity contribution in [1.29, 1.82) is 0 Å². The number of hydrogen-bond donors (Lipinski definition) is 3. The Kier molecular flexibility index (Phi) is 5.57. The molecule has 3 aromatic rings. The van der Waals surface area contributed by atoms with Gasteiger partial charge in [-0.15, -0.1) is 0 Å². The number of amides is 1. The van der Waals surface area contributed by atoms with Crippen molar-refractivity contribution in [3.8, 4) is 0 Å². The van der Waals surface area contributed by atoms with Crippen molar-refractivity contribution >= 4 is 34.7 Å². The average molecular weight is 435 g/mol. The van der Waals surface area contributed by atoms with Gasteiger partial charge < -0.3 is 15.4 Å². The quantitative estimate of drug-likeness (QED) is 0.545. The van der Waals surface area contributed by atoms with Crippen LogP contribution in [0, 0.1) is 0 Å². The number of rotatable bonds is 6. The highest BCUT2D eigenvalue weighted by Gasteiger charge is 2.30. The summed E-state index contributed by atoms with van der Waals surface area (Å²) in [5.41, 5.74) is 3.97. The predicted molar refractivity (Wildman–Crippen MR) is 121 cm³/mol. The number of pyridine rings is 1. The summed E-state index contributed by atoms with van der Waals surface area (Å²) in [5.74, 6) is 0.998. The lowest BCUT2D eigenvalue weighted by atomic mass is 10.0. The van der Waals surface area contributed by atoms with E-state index in [9.17, 15) is 4.79 Å².